The Hall–Kier alpha value is -1.71. The Morgan fingerprint density at radius 2 is 1.18 bits per heavy atom. The zero-order valence-electron chi connectivity index (χ0n) is 24.6. The fraction of sp³-hybridized carbons (Fsp3) is 0.686. The van der Waals surface area contributed by atoms with E-state index in [0.29, 0.717) is 5.92 Å². The summed E-state index contributed by atoms with van der Waals surface area (Å²) in [5, 5.41) is 0. The molecule has 1 aromatic carbocycles. The third kappa shape index (κ3) is 12.0. The van der Waals surface area contributed by atoms with Crippen molar-refractivity contribution in [3.05, 3.63) is 53.7 Å². The molecule has 3 rings (SSSR count). The maximum Gasteiger partial charge on any atom is 0.185 e. The Morgan fingerprint density at radius 3 is 1.74 bits per heavy atom. The second kappa shape index (κ2) is 19.4. The highest BCUT2D eigenvalue weighted by Gasteiger charge is 2.23. The Bertz CT molecular complexity index is 824. The number of ether oxygens (including phenoxy) is 2. The summed E-state index contributed by atoms with van der Waals surface area (Å²) in [4.78, 5) is 4.73. The number of unbranched alkanes of at least 4 members (excludes halogenated alkanes) is 14. The Morgan fingerprint density at radius 1 is 0.632 bits per heavy atom. The van der Waals surface area contributed by atoms with Crippen LogP contribution >= 0.6 is 0 Å². The normalized spacial score (nSPS) is 17.6. The van der Waals surface area contributed by atoms with Gasteiger partial charge in [-0.1, -0.05) is 140 Å². The van der Waals surface area contributed by atoms with Crippen molar-refractivity contribution < 1.29 is 9.47 Å². The number of benzene rings is 1. The quantitative estimate of drug-likeness (QED) is 0.162. The van der Waals surface area contributed by atoms with E-state index < -0.39 is 0 Å². The van der Waals surface area contributed by atoms with Crippen LogP contribution in [-0.2, 0) is 15.9 Å². The largest absolute Gasteiger partial charge is 0.348 e. The highest BCUT2D eigenvalue weighted by atomic mass is 16.7. The molecule has 3 nitrogen and oxygen atoms in total. The van der Waals surface area contributed by atoms with Crippen LogP contribution in [0.5, 0.6) is 0 Å². The Labute approximate surface area is 234 Å². The third-order valence-corrected chi connectivity index (χ3v) is 8.06. The summed E-state index contributed by atoms with van der Waals surface area (Å²) in [5.74, 6) is 0.530. The van der Waals surface area contributed by atoms with E-state index in [2.05, 4.69) is 50.2 Å². The summed E-state index contributed by atoms with van der Waals surface area (Å²) in [6.07, 6.45) is 26.0. The van der Waals surface area contributed by atoms with Gasteiger partial charge < -0.3 is 9.47 Å². The van der Waals surface area contributed by atoms with Crippen molar-refractivity contribution in [2.45, 2.75) is 136 Å². The fourth-order valence-corrected chi connectivity index (χ4v) is 5.49. The summed E-state index contributed by atoms with van der Waals surface area (Å²) < 4.78 is 12.2. The van der Waals surface area contributed by atoms with Crippen LogP contribution in [-0.4, -0.2) is 18.2 Å². The molecule has 1 fully saturated rings. The molecule has 0 atom stereocenters. The molecule has 0 saturated carbocycles. The van der Waals surface area contributed by atoms with E-state index in [0.717, 1.165) is 24.5 Å². The lowest BCUT2D eigenvalue weighted by atomic mass is 10.0. The number of hydrogen-bond donors (Lipinski definition) is 0. The molecule has 2 heterocycles. The van der Waals surface area contributed by atoms with Crippen molar-refractivity contribution in [2.24, 2.45) is 5.92 Å². The molecular weight excluding hydrogens is 466 g/mol. The highest BCUT2D eigenvalue weighted by molar-refractivity contribution is 5.59. The van der Waals surface area contributed by atoms with Gasteiger partial charge in [0.2, 0.25) is 0 Å². The van der Waals surface area contributed by atoms with Crippen molar-refractivity contribution >= 4 is 0 Å². The third-order valence-electron chi connectivity index (χ3n) is 8.06. The lowest BCUT2D eigenvalue weighted by Gasteiger charge is -2.29. The van der Waals surface area contributed by atoms with Gasteiger partial charge in [-0.3, -0.25) is 4.98 Å². The van der Waals surface area contributed by atoms with E-state index >= 15 is 0 Å². The minimum Gasteiger partial charge on any atom is -0.348 e. The van der Waals surface area contributed by atoms with Crippen LogP contribution < -0.4 is 0 Å². The lowest BCUT2D eigenvalue weighted by Crippen LogP contribution is -2.27. The number of nitrogens with zero attached hydrogens (tertiary/aromatic N) is 1. The van der Waals surface area contributed by atoms with Crippen molar-refractivity contribution in [1.82, 2.24) is 4.98 Å². The van der Waals surface area contributed by atoms with Gasteiger partial charge in [0, 0.05) is 23.2 Å². The summed E-state index contributed by atoms with van der Waals surface area (Å²) >= 11 is 0. The SMILES string of the molecule is CCCCCCCCCCc1ccc(-c2ccc([C@H]3OC[C@H](CCCCCCCCCC)CO3)cn2)cc1. The Kier molecular flexibility index (Phi) is 15.7. The second-order valence-electron chi connectivity index (χ2n) is 11.5. The number of hydrogen-bond acceptors (Lipinski definition) is 3. The van der Waals surface area contributed by atoms with Gasteiger partial charge in [-0.05, 0) is 30.9 Å². The molecule has 1 aliphatic rings. The molecular formula is C35H55NO2. The number of aryl methyl sites for hydroxylation is 1. The van der Waals surface area contributed by atoms with E-state index in [1.807, 2.05) is 6.20 Å². The molecule has 38 heavy (non-hydrogen) atoms. The summed E-state index contributed by atoms with van der Waals surface area (Å²) in [5.41, 5.74) is 4.63. The molecule has 0 amide bonds. The molecule has 0 bridgehead atoms. The average Bonchev–Trinajstić information content (AvgIpc) is 2.97. The maximum absolute atomic E-state index is 6.08. The minimum atomic E-state index is -0.277. The standard InChI is InChI=1S/C35H55NO2/c1-3-5-7-9-11-13-15-17-19-30-21-23-32(24-22-30)34-26-25-33(27-36-34)35-37-28-31(29-38-35)20-18-16-14-12-10-8-6-4-2/h21-27,31,35H,3-20,28-29H2,1-2H3/t31-,35-. The number of rotatable bonds is 20. The number of aromatic nitrogens is 1. The van der Waals surface area contributed by atoms with Crippen molar-refractivity contribution in [3.63, 3.8) is 0 Å². The van der Waals surface area contributed by atoms with Crippen LogP contribution in [0.2, 0.25) is 0 Å². The molecule has 0 radical (unpaired) electrons. The van der Waals surface area contributed by atoms with Crippen molar-refractivity contribution in [3.8, 4) is 11.3 Å². The van der Waals surface area contributed by atoms with Crippen LogP contribution in [0.1, 0.15) is 140 Å². The van der Waals surface area contributed by atoms with Crippen LogP contribution in [0.25, 0.3) is 11.3 Å². The van der Waals surface area contributed by atoms with Gasteiger partial charge >= 0.3 is 0 Å². The van der Waals surface area contributed by atoms with Gasteiger partial charge in [-0.2, -0.15) is 0 Å². The molecule has 1 aromatic heterocycles. The topological polar surface area (TPSA) is 31.4 Å². The average molecular weight is 522 g/mol. The maximum atomic E-state index is 6.08. The first-order valence-corrected chi connectivity index (χ1v) is 16.1. The molecule has 1 saturated heterocycles. The summed E-state index contributed by atoms with van der Waals surface area (Å²) in [6.45, 7) is 6.15. The Balaban J connectivity index is 1.30. The zero-order chi connectivity index (χ0) is 26.7. The fourth-order valence-electron chi connectivity index (χ4n) is 5.49. The van der Waals surface area contributed by atoms with Crippen LogP contribution in [0.15, 0.2) is 42.6 Å². The number of pyridine rings is 1. The van der Waals surface area contributed by atoms with Crippen molar-refractivity contribution in [2.75, 3.05) is 13.2 Å². The predicted molar refractivity (Wildman–Crippen MR) is 161 cm³/mol. The predicted octanol–water partition coefficient (Wildman–Crippen LogP) is 10.6. The minimum absolute atomic E-state index is 0.277. The van der Waals surface area contributed by atoms with Gasteiger partial charge in [-0.25, -0.2) is 0 Å². The van der Waals surface area contributed by atoms with E-state index in [-0.39, 0.29) is 6.29 Å². The molecule has 2 aromatic rings. The van der Waals surface area contributed by atoms with E-state index in [4.69, 9.17) is 14.5 Å². The first-order chi connectivity index (χ1) is 18.8. The molecule has 0 N–H and O–H groups in total. The van der Waals surface area contributed by atoms with E-state index in [1.165, 1.54) is 127 Å². The van der Waals surface area contributed by atoms with Gasteiger partial charge in [0.15, 0.2) is 6.29 Å². The molecule has 1 aliphatic heterocycles. The van der Waals surface area contributed by atoms with E-state index in [1.54, 1.807) is 0 Å². The smallest absolute Gasteiger partial charge is 0.185 e. The summed E-state index contributed by atoms with van der Waals surface area (Å²) in [6, 6.07) is 13.2. The molecule has 3 heteroatoms. The van der Waals surface area contributed by atoms with Gasteiger partial charge in [0.05, 0.1) is 18.9 Å². The van der Waals surface area contributed by atoms with Crippen molar-refractivity contribution in [1.29, 1.82) is 0 Å². The van der Waals surface area contributed by atoms with Gasteiger partial charge in [-0.15, -0.1) is 0 Å². The highest BCUT2D eigenvalue weighted by Crippen LogP contribution is 2.28. The molecule has 0 unspecified atom stereocenters. The van der Waals surface area contributed by atoms with Crippen LogP contribution in [0.4, 0.5) is 0 Å². The van der Waals surface area contributed by atoms with Gasteiger partial charge in [0.25, 0.3) is 0 Å². The first kappa shape index (κ1) is 30.8. The molecule has 0 aliphatic carbocycles. The second-order valence-corrected chi connectivity index (χ2v) is 11.5. The molecule has 212 valence electrons. The van der Waals surface area contributed by atoms with Gasteiger partial charge in [0.1, 0.15) is 0 Å². The first-order valence-electron chi connectivity index (χ1n) is 16.1. The van der Waals surface area contributed by atoms with Crippen LogP contribution in [0, 0.1) is 5.92 Å². The van der Waals surface area contributed by atoms with E-state index in [9.17, 15) is 0 Å². The lowest BCUT2D eigenvalue weighted by molar-refractivity contribution is -0.206. The zero-order valence-corrected chi connectivity index (χ0v) is 24.6. The molecule has 0 spiro atoms. The van der Waals surface area contributed by atoms with Crippen LogP contribution in [0.3, 0.4) is 0 Å². The monoisotopic (exact) mass is 521 g/mol. The summed E-state index contributed by atoms with van der Waals surface area (Å²) in [7, 11) is 0.